The fourth-order valence-electron chi connectivity index (χ4n) is 3.69. The minimum atomic E-state index is -0.254. The summed E-state index contributed by atoms with van der Waals surface area (Å²) >= 11 is 0. The van der Waals surface area contributed by atoms with Gasteiger partial charge in [-0.3, -0.25) is 9.59 Å². The summed E-state index contributed by atoms with van der Waals surface area (Å²) in [6.45, 7) is 2.99. The Morgan fingerprint density at radius 1 is 1.00 bits per heavy atom. The lowest BCUT2D eigenvalue weighted by Crippen LogP contribution is -2.33. The van der Waals surface area contributed by atoms with Gasteiger partial charge in [-0.1, -0.05) is 6.07 Å². The number of hydrogen-bond acceptors (Lipinski definition) is 5. The van der Waals surface area contributed by atoms with Gasteiger partial charge < -0.3 is 25.0 Å². The lowest BCUT2D eigenvalue weighted by molar-refractivity contribution is 0.0947. The molecule has 0 unspecified atom stereocenters. The Balaban J connectivity index is 1.80. The number of carbonyl (C=O) groups excluding carboxylic acids is 2. The van der Waals surface area contributed by atoms with Gasteiger partial charge in [0.1, 0.15) is 5.75 Å². The summed E-state index contributed by atoms with van der Waals surface area (Å²) in [4.78, 5) is 27.9. The van der Waals surface area contributed by atoms with E-state index >= 15 is 0 Å². The molecule has 7 nitrogen and oxygen atoms in total. The highest BCUT2D eigenvalue weighted by atomic mass is 16.5. The third-order valence-corrected chi connectivity index (χ3v) is 5.34. The fourth-order valence-corrected chi connectivity index (χ4v) is 3.69. The minimum Gasteiger partial charge on any atom is -0.497 e. The van der Waals surface area contributed by atoms with E-state index in [1.807, 2.05) is 12.1 Å². The number of rotatable bonds is 9. The van der Waals surface area contributed by atoms with E-state index in [2.05, 4.69) is 15.5 Å². The molecule has 1 fully saturated rings. The van der Waals surface area contributed by atoms with E-state index in [9.17, 15) is 9.59 Å². The van der Waals surface area contributed by atoms with E-state index in [-0.39, 0.29) is 11.8 Å². The van der Waals surface area contributed by atoms with Crippen molar-refractivity contribution in [1.82, 2.24) is 5.32 Å². The maximum absolute atomic E-state index is 13.0. The third-order valence-electron chi connectivity index (χ3n) is 5.34. The summed E-state index contributed by atoms with van der Waals surface area (Å²) in [5, 5.41) is 5.86. The lowest BCUT2D eigenvalue weighted by atomic mass is 10.1. The number of anilines is 2. The van der Waals surface area contributed by atoms with Crippen LogP contribution in [0.4, 0.5) is 11.4 Å². The molecule has 7 heteroatoms. The molecule has 0 radical (unpaired) electrons. The molecule has 3 rings (SSSR count). The van der Waals surface area contributed by atoms with Gasteiger partial charge >= 0.3 is 0 Å². The first kappa shape index (κ1) is 22.6. The molecule has 0 saturated carbocycles. The second kappa shape index (κ2) is 11.4. The number of nitrogens with one attached hydrogen (secondary N) is 2. The Labute approximate surface area is 183 Å². The van der Waals surface area contributed by atoms with Crippen LogP contribution >= 0.6 is 0 Å². The highest BCUT2D eigenvalue weighted by molar-refractivity contribution is 6.06. The molecule has 2 aromatic carbocycles. The maximum atomic E-state index is 13.0. The Morgan fingerprint density at radius 2 is 1.81 bits per heavy atom. The van der Waals surface area contributed by atoms with Crippen molar-refractivity contribution in [2.45, 2.75) is 25.7 Å². The zero-order valence-electron chi connectivity index (χ0n) is 18.3. The molecule has 1 aliphatic rings. The number of methoxy groups -OCH3 is 2. The van der Waals surface area contributed by atoms with Crippen molar-refractivity contribution in [3.05, 3.63) is 53.6 Å². The summed E-state index contributed by atoms with van der Waals surface area (Å²) in [5.74, 6) is 0.217. The van der Waals surface area contributed by atoms with Crippen molar-refractivity contribution in [3.63, 3.8) is 0 Å². The maximum Gasteiger partial charge on any atom is 0.255 e. The van der Waals surface area contributed by atoms with Crippen LogP contribution in [0.5, 0.6) is 5.75 Å². The highest BCUT2D eigenvalue weighted by Crippen LogP contribution is 2.27. The predicted molar refractivity (Wildman–Crippen MR) is 122 cm³/mol. The van der Waals surface area contributed by atoms with E-state index in [0.29, 0.717) is 35.7 Å². The molecular weight excluding hydrogens is 394 g/mol. The standard InChI is InChI=1S/C24H31N3O4/c1-30-15-7-12-25-24(29)21-17-19(10-11-22(21)27-13-4-3-5-14-27)26-23(28)18-8-6-9-20(16-18)31-2/h6,8-11,16-17H,3-5,7,12-15H2,1-2H3,(H,25,29)(H,26,28). The average molecular weight is 426 g/mol. The number of benzene rings is 2. The normalized spacial score (nSPS) is 13.5. The molecule has 2 aromatic rings. The van der Waals surface area contributed by atoms with Crippen LogP contribution in [0.2, 0.25) is 0 Å². The second-order valence-corrected chi connectivity index (χ2v) is 7.57. The molecule has 0 atom stereocenters. The quantitative estimate of drug-likeness (QED) is 0.599. The first-order valence-electron chi connectivity index (χ1n) is 10.7. The van der Waals surface area contributed by atoms with Crippen LogP contribution < -0.4 is 20.3 Å². The summed E-state index contributed by atoms with van der Waals surface area (Å²) in [6, 6.07) is 12.5. The van der Waals surface area contributed by atoms with E-state index in [1.165, 1.54) is 6.42 Å². The van der Waals surface area contributed by atoms with Crippen LogP contribution in [0.25, 0.3) is 0 Å². The van der Waals surface area contributed by atoms with Crippen molar-refractivity contribution in [3.8, 4) is 5.75 Å². The molecule has 1 aliphatic heterocycles. The smallest absolute Gasteiger partial charge is 0.255 e. The molecule has 0 aromatic heterocycles. The Morgan fingerprint density at radius 3 is 2.55 bits per heavy atom. The van der Waals surface area contributed by atoms with E-state index in [4.69, 9.17) is 9.47 Å². The first-order valence-corrected chi connectivity index (χ1v) is 10.7. The zero-order valence-corrected chi connectivity index (χ0v) is 18.3. The molecule has 0 spiro atoms. The van der Waals surface area contributed by atoms with Gasteiger partial charge in [0, 0.05) is 50.3 Å². The van der Waals surface area contributed by atoms with Crippen molar-refractivity contribution in [2.24, 2.45) is 0 Å². The fraction of sp³-hybridized carbons (Fsp3) is 0.417. The first-order chi connectivity index (χ1) is 15.1. The molecule has 31 heavy (non-hydrogen) atoms. The topological polar surface area (TPSA) is 79.9 Å². The van der Waals surface area contributed by atoms with E-state index in [1.54, 1.807) is 44.6 Å². The Hall–Kier alpha value is -3.06. The van der Waals surface area contributed by atoms with Gasteiger partial charge in [-0.05, 0) is 62.1 Å². The SMILES string of the molecule is COCCCNC(=O)c1cc(NC(=O)c2cccc(OC)c2)ccc1N1CCCCC1. The van der Waals surface area contributed by atoms with Gasteiger partial charge in [0.2, 0.25) is 0 Å². The van der Waals surface area contributed by atoms with Crippen LogP contribution in [-0.2, 0) is 4.74 Å². The summed E-state index contributed by atoms with van der Waals surface area (Å²) in [7, 11) is 3.21. The van der Waals surface area contributed by atoms with E-state index < -0.39 is 0 Å². The summed E-state index contributed by atoms with van der Waals surface area (Å²) in [6.07, 6.45) is 4.18. The van der Waals surface area contributed by atoms with Crippen LogP contribution in [0.1, 0.15) is 46.4 Å². The molecule has 1 saturated heterocycles. The van der Waals surface area contributed by atoms with Gasteiger partial charge in [-0.15, -0.1) is 0 Å². The zero-order chi connectivity index (χ0) is 22.1. The molecule has 0 aliphatic carbocycles. The van der Waals surface area contributed by atoms with Crippen molar-refractivity contribution in [1.29, 1.82) is 0 Å². The Bertz CT molecular complexity index is 894. The number of ether oxygens (including phenoxy) is 2. The monoisotopic (exact) mass is 425 g/mol. The lowest BCUT2D eigenvalue weighted by Gasteiger charge is -2.30. The van der Waals surface area contributed by atoms with Gasteiger partial charge in [-0.2, -0.15) is 0 Å². The number of nitrogens with zero attached hydrogens (tertiary/aromatic N) is 1. The molecule has 166 valence electrons. The number of piperidine rings is 1. The number of amides is 2. The van der Waals surface area contributed by atoms with Gasteiger partial charge in [0.15, 0.2) is 0 Å². The number of carbonyl (C=O) groups is 2. The average Bonchev–Trinajstić information content (AvgIpc) is 2.82. The summed E-state index contributed by atoms with van der Waals surface area (Å²) in [5.41, 5.74) is 2.55. The third kappa shape index (κ3) is 6.21. The van der Waals surface area contributed by atoms with Crippen LogP contribution in [0.15, 0.2) is 42.5 Å². The van der Waals surface area contributed by atoms with Crippen LogP contribution in [-0.4, -0.2) is 52.3 Å². The largest absolute Gasteiger partial charge is 0.497 e. The molecule has 0 bridgehead atoms. The second-order valence-electron chi connectivity index (χ2n) is 7.57. The van der Waals surface area contributed by atoms with Gasteiger partial charge in [-0.25, -0.2) is 0 Å². The van der Waals surface area contributed by atoms with Crippen LogP contribution in [0.3, 0.4) is 0 Å². The van der Waals surface area contributed by atoms with Gasteiger partial charge in [0.05, 0.1) is 12.7 Å². The molecule has 2 N–H and O–H groups in total. The predicted octanol–water partition coefficient (Wildman–Crippen LogP) is 3.70. The molecule has 1 heterocycles. The van der Waals surface area contributed by atoms with Crippen molar-refractivity contribution in [2.75, 3.05) is 50.7 Å². The van der Waals surface area contributed by atoms with Crippen molar-refractivity contribution >= 4 is 23.2 Å². The van der Waals surface area contributed by atoms with Crippen LogP contribution in [0, 0.1) is 0 Å². The molecule has 2 amide bonds. The minimum absolute atomic E-state index is 0.144. The highest BCUT2D eigenvalue weighted by Gasteiger charge is 2.20. The van der Waals surface area contributed by atoms with Crippen molar-refractivity contribution < 1.29 is 19.1 Å². The molecular formula is C24H31N3O4. The summed E-state index contributed by atoms with van der Waals surface area (Å²) < 4.78 is 10.2. The Kier molecular flexibility index (Phi) is 8.29. The number of hydrogen-bond donors (Lipinski definition) is 2. The van der Waals surface area contributed by atoms with E-state index in [0.717, 1.165) is 38.0 Å². The van der Waals surface area contributed by atoms with Gasteiger partial charge in [0.25, 0.3) is 11.8 Å².